The molecule has 0 aliphatic heterocycles. The molecule has 0 atom stereocenters. The third kappa shape index (κ3) is 8.46. The molecule has 1 aliphatic rings. The third-order valence-electron chi connectivity index (χ3n) is 7.95. The van der Waals surface area contributed by atoms with E-state index in [4.69, 9.17) is 4.74 Å². The summed E-state index contributed by atoms with van der Waals surface area (Å²) in [6, 6.07) is 2.45. The van der Waals surface area contributed by atoms with E-state index in [1.807, 2.05) is 13.8 Å². The van der Waals surface area contributed by atoms with Crippen LogP contribution in [0, 0.1) is 26.2 Å². The lowest BCUT2D eigenvalue weighted by molar-refractivity contribution is -0.147. The van der Waals surface area contributed by atoms with E-state index in [9.17, 15) is 14.7 Å². The van der Waals surface area contributed by atoms with Crippen molar-refractivity contribution in [2.24, 2.45) is 5.41 Å². The number of carbonyl (C=O) groups excluding carboxylic acids is 1. The first-order chi connectivity index (χ1) is 15.6. The van der Waals surface area contributed by atoms with Gasteiger partial charge in [0, 0.05) is 0 Å². The number of carboxylic acid groups (broad SMARTS) is 1. The van der Waals surface area contributed by atoms with Crippen LogP contribution in [0.5, 0.6) is 0 Å². The Balaban J connectivity index is 1.73. The number of rotatable bonds is 17. The number of carboxylic acids is 1. The maximum absolute atomic E-state index is 11.2. The van der Waals surface area contributed by atoms with Gasteiger partial charge in [0.2, 0.25) is 0 Å². The Morgan fingerprint density at radius 2 is 1.42 bits per heavy atom. The molecule has 0 saturated heterocycles. The van der Waals surface area contributed by atoms with Gasteiger partial charge in [0.15, 0.2) is 0 Å². The Hall–Kier alpha value is -1.84. The van der Waals surface area contributed by atoms with E-state index in [0.717, 1.165) is 64.2 Å². The lowest BCUT2D eigenvalue weighted by Crippen LogP contribution is -2.23. The lowest BCUT2D eigenvalue weighted by Gasteiger charge is -2.19. The van der Waals surface area contributed by atoms with E-state index in [-0.39, 0.29) is 5.60 Å². The molecule has 0 bridgehead atoms. The van der Waals surface area contributed by atoms with Crippen LogP contribution in [0.3, 0.4) is 0 Å². The molecule has 0 heterocycles. The van der Waals surface area contributed by atoms with Crippen LogP contribution in [-0.4, -0.2) is 23.1 Å². The van der Waals surface area contributed by atoms with Crippen LogP contribution in [0.1, 0.15) is 119 Å². The summed E-state index contributed by atoms with van der Waals surface area (Å²) >= 11 is 0. The molecule has 0 spiro atoms. The summed E-state index contributed by atoms with van der Waals surface area (Å²) in [4.78, 5) is 21.8. The van der Waals surface area contributed by atoms with Crippen LogP contribution in [0.25, 0.3) is 0 Å². The van der Waals surface area contributed by atoms with Gasteiger partial charge in [0.05, 0.1) is 5.41 Å². The van der Waals surface area contributed by atoms with Crippen molar-refractivity contribution in [3.63, 3.8) is 0 Å². The van der Waals surface area contributed by atoms with E-state index < -0.39 is 11.4 Å². The Morgan fingerprint density at radius 3 is 1.91 bits per heavy atom. The summed E-state index contributed by atoms with van der Waals surface area (Å²) in [5.74, 6) is -0.695. The van der Waals surface area contributed by atoms with Gasteiger partial charge >= 0.3 is 5.97 Å². The lowest BCUT2D eigenvalue weighted by atomic mass is 9.86. The van der Waals surface area contributed by atoms with Gasteiger partial charge in [-0.2, -0.15) is 0 Å². The average Bonchev–Trinajstić information content (AvgIpc) is 3.53. The molecular formula is C29H46O4. The van der Waals surface area contributed by atoms with Crippen molar-refractivity contribution in [3.05, 3.63) is 33.9 Å². The highest BCUT2D eigenvalue weighted by Crippen LogP contribution is 2.43. The zero-order valence-corrected chi connectivity index (χ0v) is 21.7. The second-order valence-electron chi connectivity index (χ2n) is 11.0. The topological polar surface area (TPSA) is 63.6 Å². The van der Waals surface area contributed by atoms with Crippen LogP contribution >= 0.6 is 0 Å². The summed E-state index contributed by atoms with van der Waals surface area (Å²) < 4.78 is 5.24. The Bertz CT molecular complexity index is 789. The Labute approximate surface area is 201 Å². The second kappa shape index (κ2) is 12.6. The molecule has 1 aromatic rings. The quantitative estimate of drug-likeness (QED) is 0.195. The minimum absolute atomic E-state index is 0.103. The first kappa shape index (κ1) is 27.4. The predicted octanol–water partition coefficient (Wildman–Crippen LogP) is 7.41. The number of aryl methyl sites for hydroxylation is 2. The first-order valence-corrected chi connectivity index (χ1v) is 13.1. The highest BCUT2D eigenvalue weighted by Gasteiger charge is 2.44. The van der Waals surface area contributed by atoms with Crippen molar-refractivity contribution >= 4 is 12.4 Å². The maximum Gasteiger partial charge on any atom is 0.309 e. The molecular weight excluding hydrogens is 412 g/mol. The van der Waals surface area contributed by atoms with Crippen LogP contribution in [0.4, 0.5) is 0 Å². The molecule has 0 amide bonds. The van der Waals surface area contributed by atoms with Crippen molar-refractivity contribution in [3.8, 4) is 0 Å². The Kier molecular flexibility index (Phi) is 10.4. The molecule has 33 heavy (non-hydrogen) atoms. The number of carbonyl (C=O) groups is 2. The predicted molar refractivity (Wildman–Crippen MR) is 135 cm³/mol. The fraction of sp³-hybridized carbons (Fsp3) is 0.724. The number of ether oxygens (including phenoxy) is 1. The van der Waals surface area contributed by atoms with E-state index >= 15 is 0 Å². The second-order valence-corrected chi connectivity index (χ2v) is 11.0. The molecule has 1 aromatic carbocycles. The molecule has 4 heteroatoms. The first-order valence-electron chi connectivity index (χ1n) is 13.1. The number of hydrogen-bond donors (Lipinski definition) is 1. The molecule has 0 radical (unpaired) electrons. The summed E-state index contributed by atoms with van der Waals surface area (Å²) in [6.45, 7) is 11.0. The third-order valence-corrected chi connectivity index (χ3v) is 7.95. The van der Waals surface area contributed by atoms with Crippen LogP contribution in [0.2, 0.25) is 0 Å². The van der Waals surface area contributed by atoms with Crippen LogP contribution in [0.15, 0.2) is 6.07 Å². The molecule has 2 rings (SSSR count). The smallest absolute Gasteiger partial charge is 0.309 e. The monoisotopic (exact) mass is 458 g/mol. The molecule has 1 aliphatic carbocycles. The molecule has 186 valence electrons. The summed E-state index contributed by atoms with van der Waals surface area (Å²) in [5, 5.41) is 9.24. The van der Waals surface area contributed by atoms with E-state index in [1.54, 1.807) is 0 Å². The van der Waals surface area contributed by atoms with Gasteiger partial charge in [0.25, 0.3) is 6.47 Å². The van der Waals surface area contributed by atoms with Gasteiger partial charge in [0.1, 0.15) is 5.60 Å². The van der Waals surface area contributed by atoms with Gasteiger partial charge < -0.3 is 9.84 Å². The zero-order chi connectivity index (χ0) is 24.5. The Morgan fingerprint density at radius 1 is 0.909 bits per heavy atom. The fourth-order valence-electron chi connectivity index (χ4n) is 4.84. The van der Waals surface area contributed by atoms with E-state index in [0.29, 0.717) is 6.47 Å². The van der Waals surface area contributed by atoms with Crippen molar-refractivity contribution in [2.45, 2.75) is 130 Å². The van der Waals surface area contributed by atoms with Gasteiger partial charge in [-0.05, 0) is 120 Å². The molecule has 0 aromatic heterocycles. The van der Waals surface area contributed by atoms with Crippen LogP contribution in [-0.2, 0) is 27.2 Å². The normalized spacial score (nSPS) is 14.8. The van der Waals surface area contributed by atoms with Crippen molar-refractivity contribution in [1.82, 2.24) is 0 Å². The SMILES string of the molecule is Cc1c(CCCCCCC2(OC=O)CC2)cc(CCCCCCC(C)(C)C(=O)O)c(C)c1C. The van der Waals surface area contributed by atoms with Crippen LogP contribution < -0.4 is 0 Å². The van der Waals surface area contributed by atoms with Crippen molar-refractivity contribution in [2.75, 3.05) is 0 Å². The summed E-state index contributed by atoms with van der Waals surface area (Å²) in [6.07, 6.45) is 15.3. The zero-order valence-electron chi connectivity index (χ0n) is 21.7. The standard InChI is InChI=1S/C29H46O4/c1-22-23(2)25(14-10-6-8-12-16-28(4,5)27(31)32)20-26(24(22)3)15-11-7-9-13-17-29(18-19-29)33-21-30/h20-21H,6-19H2,1-5H3,(H,31,32). The number of aliphatic carboxylic acids is 1. The van der Waals surface area contributed by atoms with E-state index in [1.165, 1.54) is 53.5 Å². The molecule has 1 N–H and O–H groups in total. The summed E-state index contributed by atoms with van der Waals surface area (Å²) in [7, 11) is 0. The largest absolute Gasteiger partial charge is 0.481 e. The molecule has 1 saturated carbocycles. The van der Waals surface area contributed by atoms with Gasteiger partial charge in [-0.1, -0.05) is 38.2 Å². The fourth-order valence-corrected chi connectivity index (χ4v) is 4.84. The minimum Gasteiger partial charge on any atom is -0.481 e. The molecule has 1 fully saturated rings. The van der Waals surface area contributed by atoms with E-state index in [2.05, 4.69) is 26.8 Å². The van der Waals surface area contributed by atoms with Crippen molar-refractivity contribution < 1.29 is 19.4 Å². The van der Waals surface area contributed by atoms with Gasteiger partial charge in [-0.15, -0.1) is 0 Å². The highest BCUT2D eigenvalue weighted by atomic mass is 16.5. The molecule has 4 nitrogen and oxygen atoms in total. The van der Waals surface area contributed by atoms with Gasteiger partial charge in [-0.25, -0.2) is 0 Å². The van der Waals surface area contributed by atoms with Crippen molar-refractivity contribution in [1.29, 1.82) is 0 Å². The number of unbranched alkanes of at least 4 members (excludes halogenated alkanes) is 6. The highest BCUT2D eigenvalue weighted by molar-refractivity contribution is 5.73. The minimum atomic E-state index is -0.695. The summed E-state index contributed by atoms with van der Waals surface area (Å²) in [5.41, 5.74) is 6.60. The van der Waals surface area contributed by atoms with Gasteiger partial charge in [-0.3, -0.25) is 9.59 Å². The number of benzene rings is 1. The maximum atomic E-state index is 11.2. The number of hydrogen-bond acceptors (Lipinski definition) is 3. The average molecular weight is 459 g/mol. The molecule has 0 unspecified atom stereocenters.